The molecule has 0 spiro atoms. The fraction of sp³-hybridized carbons (Fsp3) is 1.00. The Bertz CT molecular complexity index is 182. The summed E-state index contributed by atoms with van der Waals surface area (Å²) in [6, 6.07) is 0. The average molecular weight is 222 g/mol. The maximum atomic E-state index is 11.6. The molecule has 0 aliphatic rings. The Hall–Kier alpha value is 0.150. The van der Waals surface area contributed by atoms with Crippen molar-refractivity contribution in [3.8, 4) is 0 Å². The van der Waals surface area contributed by atoms with Crippen LogP contribution < -0.4 is 0 Å². The molecule has 0 fully saturated rings. The normalized spacial score (nSPS) is 17.7. The lowest BCUT2D eigenvalue weighted by Gasteiger charge is -2.20. The summed E-state index contributed by atoms with van der Waals surface area (Å²) in [5.41, 5.74) is 0. The summed E-state index contributed by atoms with van der Waals surface area (Å²) < 4.78 is 21.9. The van der Waals surface area contributed by atoms with Crippen LogP contribution in [0.15, 0.2) is 0 Å². The number of unbranched alkanes of at least 4 members (excludes halogenated alkanes) is 1. The lowest BCUT2D eigenvalue weighted by Crippen LogP contribution is -2.11. The zero-order valence-electron chi connectivity index (χ0n) is 9.78. The second-order valence-corrected chi connectivity index (χ2v) is 5.73. The van der Waals surface area contributed by atoms with Crippen molar-refractivity contribution in [3.63, 3.8) is 0 Å². The van der Waals surface area contributed by atoms with Gasteiger partial charge in [-0.3, -0.25) is 4.57 Å². The van der Waals surface area contributed by atoms with Crippen molar-refractivity contribution in [2.24, 2.45) is 0 Å². The fourth-order valence-electron chi connectivity index (χ4n) is 1.32. The van der Waals surface area contributed by atoms with Crippen LogP contribution in [0.4, 0.5) is 0 Å². The van der Waals surface area contributed by atoms with Crippen LogP contribution in [-0.4, -0.2) is 19.9 Å². The summed E-state index contributed by atoms with van der Waals surface area (Å²) >= 11 is 0. The van der Waals surface area contributed by atoms with E-state index >= 15 is 0 Å². The zero-order valence-corrected chi connectivity index (χ0v) is 10.7. The average Bonchev–Trinajstić information content (AvgIpc) is 2.14. The number of hydrogen-bond donors (Lipinski definition) is 0. The number of rotatable bonds is 8. The highest BCUT2D eigenvalue weighted by atomic mass is 31.2. The van der Waals surface area contributed by atoms with Gasteiger partial charge in [0, 0.05) is 13.8 Å². The molecular weight excluding hydrogens is 199 g/mol. The monoisotopic (exact) mass is 222 g/mol. The van der Waals surface area contributed by atoms with Gasteiger partial charge in [0.05, 0.1) is 6.10 Å². The fourth-order valence-corrected chi connectivity index (χ4v) is 2.16. The third kappa shape index (κ3) is 6.58. The van der Waals surface area contributed by atoms with Crippen LogP contribution in [0.25, 0.3) is 0 Å². The van der Waals surface area contributed by atoms with E-state index in [1.165, 1.54) is 13.8 Å². The first kappa shape index (κ1) is 14.2. The Morgan fingerprint density at radius 3 is 2.29 bits per heavy atom. The van der Waals surface area contributed by atoms with Crippen LogP contribution in [0.3, 0.4) is 0 Å². The molecule has 0 aromatic carbocycles. The van der Waals surface area contributed by atoms with Crippen molar-refractivity contribution in [1.29, 1.82) is 0 Å². The van der Waals surface area contributed by atoms with Gasteiger partial charge < -0.3 is 9.05 Å². The third-order valence-electron chi connectivity index (χ3n) is 2.16. The molecule has 0 aromatic heterocycles. The van der Waals surface area contributed by atoms with Crippen LogP contribution in [0.5, 0.6) is 0 Å². The molecule has 0 saturated heterocycles. The molecule has 2 unspecified atom stereocenters. The molecule has 0 saturated carbocycles. The SMILES string of the molecule is CCCCC(CCC)OP(C)(=O)OC. The molecule has 0 bridgehead atoms. The highest BCUT2D eigenvalue weighted by Crippen LogP contribution is 2.45. The molecule has 86 valence electrons. The van der Waals surface area contributed by atoms with E-state index in [4.69, 9.17) is 9.05 Å². The van der Waals surface area contributed by atoms with Crippen molar-refractivity contribution in [2.75, 3.05) is 13.8 Å². The van der Waals surface area contributed by atoms with E-state index < -0.39 is 7.60 Å². The van der Waals surface area contributed by atoms with E-state index in [0.717, 1.165) is 32.1 Å². The quantitative estimate of drug-likeness (QED) is 0.585. The number of hydrogen-bond acceptors (Lipinski definition) is 3. The van der Waals surface area contributed by atoms with Gasteiger partial charge in [-0.2, -0.15) is 0 Å². The van der Waals surface area contributed by atoms with Crippen molar-refractivity contribution in [2.45, 2.75) is 52.1 Å². The lowest BCUT2D eigenvalue weighted by atomic mass is 10.1. The zero-order chi connectivity index (χ0) is 11.0. The second-order valence-electron chi connectivity index (χ2n) is 3.61. The molecule has 0 rings (SSSR count). The Morgan fingerprint density at radius 1 is 1.21 bits per heavy atom. The van der Waals surface area contributed by atoms with Gasteiger partial charge >= 0.3 is 7.60 Å². The minimum atomic E-state index is -2.80. The van der Waals surface area contributed by atoms with E-state index in [0.29, 0.717) is 0 Å². The van der Waals surface area contributed by atoms with Crippen LogP contribution in [0.2, 0.25) is 0 Å². The van der Waals surface area contributed by atoms with Crippen LogP contribution in [-0.2, 0) is 13.6 Å². The molecule has 4 heteroatoms. The molecule has 14 heavy (non-hydrogen) atoms. The Kier molecular flexibility index (Phi) is 7.52. The molecule has 0 heterocycles. The summed E-state index contributed by atoms with van der Waals surface area (Å²) in [5, 5.41) is 0. The smallest absolute Gasteiger partial charge is 0.312 e. The predicted molar refractivity (Wildman–Crippen MR) is 59.8 cm³/mol. The molecule has 2 atom stereocenters. The summed E-state index contributed by atoms with van der Waals surface area (Å²) in [6.07, 6.45) is 5.35. The van der Waals surface area contributed by atoms with E-state index in [1.54, 1.807) is 0 Å². The molecule has 3 nitrogen and oxygen atoms in total. The van der Waals surface area contributed by atoms with Gasteiger partial charge in [-0.15, -0.1) is 0 Å². The minimum Gasteiger partial charge on any atom is -0.312 e. The molecule has 0 amide bonds. The van der Waals surface area contributed by atoms with E-state index in [-0.39, 0.29) is 6.10 Å². The largest absolute Gasteiger partial charge is 0.327 e. The van der Waals surface area contributed by atoms with Crippen molar-refractivity contribution in [1.82, 2.24) is 0 Å². The van der Waals surface area contributed by atoms with Crippen molar-refractivity contribution < 1.29 is 13.6 Å². The second kappa shape index (κ2) is 7.44. The first-order valence-electron chi connectivity index (χ1n) is 5.37. The molecule has 0 aliphatic heterocycles. The van der Waals surface area contributed by atoms with Gasteiger partial charge in [-0.25, -0.2) is 0 Å². The van der Waals surface area contributed by atoms with Crippen LogP contribution >= 0.6 is 7.60 Å². The van der Waals surface area contributed by atoms with E-state index in [1.807, 2.05) is 0 Å². The van der Waals surface area contributed by atoms with E-state index in [2.05, 4.69) is 13.8 Å². The highest BCUT2D eigenvalue weighted by Gasteiger charge is 2.20. The predicted octanol–water partition coefficient (Wildman–Crippen LogP) is 3.83. The summed E-state index contributed by atoms with van der Waals surface area (Å²) in [7, 11) is -1.37. The van der Waals surface area contributed by atoms with Gasteiger partial charge in [0.15, 0.2) is 0 Å². The molecule has 0 N–H and O–H groups in total. The van der Waals surface area contributed by atoms with E-state index in [9.17, 15) is 4.57 Å². The highest BCUT2D eigenvalue weighted by molar-refractivity contribution is 7.52. The summed E-state index contributed by atoms with van der Waals surface area (Å²) in [4.78, 5) is 0. The Morgan fingerprint density at radius 2 is 1.86 bits per heavy atom. The molecule has 0 radical (unpaired) electrons. The molecule has 0 aliphatic carbocycles. The van der Waals surface area contributed by atoms with Gasteiger partial charge in [0.1, 0.15) is 0 Å². The Balaban J connectivity index is 4.01. The van der Waals surface area contributed by atoms with Crippen LogP contribution in [0, 0.1) is 0 Å². The van der Waals surface area contributed by atoms with Crippen LogP contribution in [0.1, 0.15) is 46.0 Å². The summed E-state index contributed by atoms with van der Waals surface area (Å²) in [5.74, 6) is 0. The van der Waals surface area contributed by atoms with Gasteiger partial charge in [0.25, 0.3) is 0 Å². The standard InChI is InChI=1S/C10H23O3P/c1-5-7-9-10(8-6-2)13-14(4,11)12-3/h10H,5-9H2,1-4H3. The Labute approximate surface area is 87.7 Å². The van der Waals surface area contributed by atoms with Crippen molar-refractivity contribution in [3.05, 3.63) is 0 Å². The van der Waals surface area contributed by atoms with Gasteiger partial charge in [0.2, 0.25) is 0 Å². The maximum absolute atomic E-state index is 11.6. The van der Waals surface area contributed by atoms with Crippen molar-refractivity contribution >= 4 is 7.60 Å². The van der Waals surface area contributed by atoms with Gasteiger partial charge in [-0.05, 0) is 12.8 Å². The molecule has 0 aromatic rings. The third-order valence-corrected chi connectivity index (χ3v) is 3.51. The lowest BCUT2D eigenvalue weighted by molar-refractivity contribution is 0.145. The topological polar surface area (TPSA) is 35.5 Å². The molecular formula is C10H23O3P. The maximum Gasteiger partial charge on any atom is 0.327 e. The first-order chi connectivity index (χ1) is 6.55. The van der Waals surface area contributed by atoms with Gasteiger partial charge in [-0.1, -0.05) is 33.1 Å². The first-order valence-corrected chi connectivity index (χ1v) is 7.36. The summed E-state index contributed by atoms with van der Waals surface area (Å²) in [6.45, 7) is 5.78. The minimum absolute atomic E-state index is 0.0933.